The molecule has 1 aliphatic heterocycles. The number of aryl methyl sites for hydroxylation is 1. The van der Waals surface area contributed by atoms with Crippen LogP contribution in [-0.2, 0) is 6.54 Å². The summed E-state index contributed by atoms with van der Waals surface area (Å²) in [7, 11) is 0. The summed E-state index contributed by atoms with van der Waals surface area (Å²) < 4.78 is 3.85. The minimum absolute atomic E-state index is 0.0105. The molecule has 3 rings (SSSR count). The van der Waals surface area contributed by atoms with Crippen molar-refractivity contribution < 1.29 is 4.79 Å². The number of para-hydroxylation sites is 1. The number of amides is 1. The Labute approximate surface area is 115 Å². The molecule has 0 unspecified atom stereocenters. The van der Waals surface area contributed by atoms with Gasteiger partial charge in [-0.25, -0.2) is 0 Å². The third-order valence-corrected chi connectivity index (χ3v) is 4.02. The standard InChI is InChI=1S/C13H14N4OS/c1-9-12(19-16-15-9)13(18)17-7-6-14-8-10-4-2-3-5-11(10)17/h2-5,14H,6-8H2,1H3. The third-order valence-electron chi connectivity index (χ3n) is 3.20. The first kappa shape index (κ1) is 12.3. The average molecular weight is 274 g/mol. The summed E-state index contributed by atoms with van der Waals surface area (Å²) in [4.78, 5) is 15.1. The molecule has 19 heavy (non-hydrogen) atoms. The van der Waals surface area contributed by atoms with Crippen LogP contribution in [0, 0.1) is 6.92 Å². The number of fused-ring (bicyclic) bond motifs is 1. The van der Waals surface area contributed by atoms with Gasteiger partial charge in [0.05, 0.1) is 5.69 Å². The summed E-state index contributed by atoms with van der Waals surface area (Å²) in [5.74, 6) is -0.0105. The Morgan fingerprint density at radius 2 is 2.26 bits per heavy atom. The number of anilines is 1. The number of hydrogen-bond donors (Lipinski definition) is 1. The minimum atomic E-state index is -0.0105. The van der Waals surface area contributed by atoms with Crippen molar-refractivity contribution in [2.24, 2.45) is 0 Å². The maximum atomic E-state index is 12.6. The van der Waals surface area contributed by atoms with E-state index in [1.807, 2.05) is 36.1 Å². The molecule has 6 heteroatoms. The van der Waals surface area contributed by atoms with Gasteiger partial charge < -0.3 is 10.2 Å². The zero-order chi connectivity index (χ0) is 13.2. The van der Waals surface area contributed by atoms with E-state index in [0.717, 1.165) is 35.9 Å². The Kier molecular flexibility index (Phi) is 3.27. The molecule has 1 N–H and O–H groups in total. The Bertz CT molecular complexity index is 610. The van der Waals surface area contributed by atoms with E-state index in [4.69, 9.17) is 0 Å². The number of hydrogen-bond acceptors (Lipinski definition) is 5. The predicted molar refractivity (Wildman–Crippen MR) is 74.5 cm³/mol. The van der Waals surface area contributed by atoms with Gasteiger partial charge in [0, 0.05) is 25.3 Å². The average Bonchev–Trinajstić information content (AvgIpc) is 2.74. The molecule has 1 aromatic heterocycles. The quantitative estimate of drug-likeness (QED) is 0.858. The van der Waals surface area contributed by atoms with Gasteiger partial charge in [-0.05, 0) is 30.1 Å². The van der Waals surface area contributed by atoms with Gasteiger partial charge in [0.15, 0.2) is 0 Å². The van der Waals surface area contributed by atoms with E-state index in [1.54, 1.807) is 0 Å². The molecule has 1 aliphatic rings. The number of aromatic nitrogens is 2. The fourth-order valence-electron chi connectivity index (χ4n) is 2.22. The van der Waals surface area contributed by atoms with Crippen molar-refractivity contribution in [3.8, 4) is 0 Å². The zero-order valence-corrected chi connectivity index (χ0v) is 11.4. The second kappa shape index (κ2) is 5.07. The summed E-state index contributed by atoms with van der Waals surface area (Å²) in [6, 6.07) is 7.99. The van der Waals surface area contributed by atoms with Gasteiger partial charge in [0.1, 0.15) is 4.88 Å². The van der Waals surface area contributed by atoms with Gasteiger partial charge in [0.2, 0.25) is 0 Å². The van der Waals surface area contributed by atoms with E-state index in [9.17, 15) is 4.79 Å². The fourth-order valence-corrected chi connectivity index (χ4v) is 2.83. The lowest BCUT2D eigenvalue weighted by atomic mass is 10.1. The molecule has 0 saturated heterocycles. The first-order valence-corrected chi connectivity index (χ1v) is 6.94. The first-order valence-electron chi connectivity index (χ1n) is 6.17. The molecule has 0 spiro atoms. The van der Waals surface area contributed by atoms with E-state index in [-0.39, 0.29) is 5.91 Å². The lowest BCUT2D eigenvalue weighted by Gasteiger charge is -2.21. The van der Waals surface area contributed by atoms with E-state index in [2.05, 4.69) is 14.9 Å². The molecule has 0 aliphatic carbocycles. The molecule has 1 amide bonds. The topological polar surface area (TPSA) is 58.1 Å². The number of benzene rings is 1. The van der Waals surface area contributed by atoms with Crippen molar-refractivity contribution in [1.82, 2.24) is 14.9 Å². The minimum Gasteiger partial charge on any atom is -0.311 e. The summed E-state index contributed by atoms with van der Waals surface area (Å²) in [5.41, 5.74) is 2.82. The van der Waals surface area contributed by atoms with Crippen LogP contribution in [-0.4, -0.2) is 28.6 Å². The van der Waals surface area contributed by atoms with Gasteiger partial charge in [-0.15, -0.1) is 5.10 Å². The van der Waals surface area contributed by atoms with Gasteiger partial charge >= 0.3 is 0 Å². The highest BCUT2D eigenvalue weighted by molar-refractivity contribution is 7.08. The van der Waals surface area contributed by atoms with Crippen LogP contribution in [0.4, 0.5) is 5.69 Å². The van der Waals surface area contributed by atoms with Crippen molar-refractivity contribution in [2.45, 2.75) is 13.5 Å². The van der Waals surface area contributed by atoms with E-state index in [0.29, 0.717) is 17.1 Å². The number of nitrogens with zero attached hydrogens (tertiary/aromatic N) is 3. The number of rotatable bonds is 1. The maximum absolute atomic E-state index is 12.6. The van der Waals surface area contributed by atoms with Crippen LogP contribution < -0.4 is 10.2 Å². The third kappa shape index (κ3) is 2.24. The monoisotopic (exact) mass is 274 g/mol. The second-order valence-electron chi connectivity index (χ2n) is 4.45. The summed E-state index contributed by atoms with van der Waals surface area (Å²) in [5, 5.41) is 7.24. The SMILES string of the molecule is Cc1nnsc1C(=O)N1CCNCc2ccccc21. The molecule has 0 radical (unpaired) electrons. The van der Waals surface area contributed by atoms with Crippen LogP contribution >= 0.6 is 11.5 Å². The van der Waals surface area contributed by atoms with Crippen LogP contribution in [0.2, 0.25) is 0 Å². The number of carbonyl (C=O) groups is 1. The van der Waals surface area contributed by atoms with Crippen molar-refractivity contribution in [2.75, 3.05) is 18.0 Å². The molecular formula is C13H14N4OS. The van der Waals surface area contributed by atoms with Gasteiger partial charge in [-0.3, -0.25) is 4.79 Å². The Morgan fingerprint density at radius 3 is 3.05 bits per heavy atom. The molecule has 5 nitrogen and oxygen atoms in total. The van der Waals surface area contributed by atoms with Gasteiger partial charge in [-0.2, -0.15) is 0 Å². The lowest BCUT2D eigenvalue weighted by Crippen LogP contribution is -2.34. The van der Waals surface area contributed by atoms with E-state index < -0.39 is 0 Å². The Morgan fingerprint density at radius 1 is 1.42 bits per heavy atom. The van der Waals surface area contributed by atoms with Crippen molar-refractivity contribution in [3.63, 3.8) is 0 Å². The summed E-state index contributed by atoms with van der Waals surface area (Å²) >= 11 is 1.16. The molecule has 0 fully saturated rings. The molecule has 0 bridgehead atoms. The van der Waals surface area contributed by atoms with Crippen LogP contribution in [0.1, 0.15) is 20.9 Å². The normalized spacial score (nSPS) is 14.9. The van der Waals surface area contributed by atoms with Crippen molar-refractivity contribution in [3.05, 3.63) is 40.4 Å². The number of carbonyl (C=O) groups excluding carboxylic acids is 1. The highest BCUT2D eigenvalue weighted by Crippen LogP contribution is 2.25. The molecule has 0 atom stereocenters. The van der Waals surface area contributed by atoms with Crippen LogP contribution in [0.5, 0.6) is 0 Å². The fraction of sp³-hybridized carbons (Fsp3) is 0.308. The van der Waals surface area contributed by atoms with E-state index in [1.165, 1.54) is 0 Å². The highest BCUT2D eigenvalue weighted by atomic mass is 32.1. The molecular weight excluding hydrogens is 260 g/mol. The second-order valence-corrected chi connectivity index (χ2v) is 5.20. The maximum Gasteiger partial charge on any atom is 0.271 e. The first-order chi connectivity index (χ1) is 9.27. The highest BCUT2D eigenvalue weighted by Gasteiger charge is 2.24. The zero-order valence-electron chi connectivity index (χ0n) is 10.6. The Hall–Kier alpha value is -1.79. The van der Waals surface area contributed by atoms with E-state index >= 15 is 0 Å². The summed E-state index contributed by atoms with van der Waals surface area (Å²) in [6.45, 7) is 4.05. The number of nitrogens with one attached hydrogen (secondary N) is 1. The van der Waals surface area contributed by atoms with Crippen molar-refractivity contribution in [1.29, 1.82) is 0 Å². The van der Waals surface area contributed by atoms with Gasteiger partial charge in [0.25, 0.3) is 5.91 Å². The Balaban J connectivity index is 2.01. The smallest absolute Gasteiger partial charge is 0.271 e. The lowest BCUT2D eigenvalue weighted by molar-refractivity contribution is 0.0990. The molecule has 2 aromatic rings. The predicted octanol–water partition coefficient (Wildman–Crippen LogP) is 1.60. The molecule has 98 valence electrons. The van der Waals surface area contributed by atoms with Crippen molar-refractivity contribution >= 4 is 23.1 Å². The molecule has 0 saturated carbocycles. The van der Waals surface area contributed by atoms with Crippen LogP contribution in [0.3, 0.4) is 0 Å². The molecule has 1 aromatic carbocycles. The van der Waals surface area contributed by atoms with Crippen LogP contribution in [0.25, 0.3) is 0 Å². The van der Waals surface area contributed by atoms with Crippen LogP contribution in [0.15, 0.2) is 24.3 Å². The summed E-state index contributed by atoms with van der Waals surface area (Å²) in [6.07, 6.45) is 0. The molecule has 2 heterocycles. The largest absolute Gasteiger partial charge is 0.311 e. The van der Waals surface area contributed by atoms with Gasteiger partial charge in [-0.1, -0.05) is 22.7 Å².